The number of ether oxygens (including phenoxy) is 2. The van der Waals surface area contributed by atoms with E-state index in [1.165, 1.54) is 13.2 Å². The third kappa shape index (κ3) is 6.38. The molecule has 2 aromatic carbocycles. The van der Waals surface area contributed by atoms with Crippen molar-refractivity contribution in [2.45, 2.75) is 11.8 Å². The average molecular weight is 549 g/mol. The van der Waals surface area contributed by atoms with Crippen LogP contribution in [0.4, 0.5) is 5.13 Å². The average Bonchev–Trinajstić information content (AvgIpc) is 3.26. The van der Waals surface area contributed by atoms with Crippen molar-refractivity contribution in [3.05, 3.63) is 63.6 Å². The first-order chi connectivity index (χ1) is 15.7. The fourth-order valence-electron chi connectivity index (χ4n) is 2.58. The molecule has 0 fully saturated rings. The van der Waals surface area contributed by atoms with Gasteiger partial charge in [-0.25, -0.2) is 8.42 Å². The largest absolute Gasteiger partial charge is 0.493 e. The number of aromatic nitrogens is 2. The van der Waals surface area contributed by atoms with E-state index in [0.29, 0.717) is 39.7 Å². The van der Waals surface area contributed by atoms with Gasteiger partial charge in [-0.3, -0.25) is 10.1 Å². The molecular weight excluding hydrogens is 532 g/mol. The first-order valence-corrected chi connectivity index (χ1v) is 12.7. The van der Waals surface area contributed by atoms with Crippen LogP contribution in [0.2, 0.25) is 0 Å². The molecule has 0 spiro atoms. The number of nitriles is 1. The number of carbonyl (C=O) groups is 1. The molecule has 1 N–H and O–H groups in total. The SMILES string of the molecule is COc1cc(/C=C(/C#N)C(=O)Nc2nc(S(C)(=O)=O)ns2)cc(Br)c1OCc1ccccc1. The summed E-state index contributed by atoms with van der Waals surface area (Å²) in [4.78, 5) is 16.2. The van der Waals surface area contributed by atoms with Gasteiger partial charge in [0.25, 0.3) is 11.1 Å². The Morgan fingerprint density at radius 1 is 1.30 bits per heavy atom. The normalized spacial score (nSPS) is 11.5. The smallest absolute Gasteiger partial charge is 0.268 e. The summed E-state index contributed by atoms with van der Waals surface area (Å²) in [6, 6.07) is 14.8. The van der Waals surface area contributed by atoms with Crippen LogP contribution in [0.3, 0.4) is 0 Å². The molecule has 0 saturated heterocycles. The van der Waals surface area contributed by atoms with Crippen molar-refractivity contribution in [2.24, 2.45) is 0 Å². The highest BCUT2D eigenvalue weighted by Crippen LogP contribution is 2.37. The van der Waals surface area contributed by atoms with Crippen LogP contribution in [-0.4, -0.2) is 37.0 Å². The predicted octanol–water partition coefficient (Wildman–Crippen LogP) is 3.84. The number of hydrogen-bond acceptors (Lipinski definition) is 9. The van der Waals surface area contributed by atoms with Gasteiger partial charge in [-0.05, 0) is 45.3 Å². The van der Waals surface area contributed by atoms with Crippen LogP contribution in [0.15, 0.2) is 57.7 Å². The predicted molar refractivity (Wildman–Crippen MR) is 127 cm³/mol. The van der Waals surface area contributed by atoms with Crippen LogP contribution < -0.4 is 14.8 Å². The number of nitrogens with one attached hydrogen (secondary N) is 1. The first kappa shape index (κ1) is 24.4. The molecule has 170 valence electrons. The molecule has 0 radical (unpaired) electrons. The Kier molecular flexibility index (Phi) is 7.80. The second-order valence-electron chi connectivity index (χ2n) is 6.59. The van der Waals surface area contributed by atoms with Crippen molar-refractivity contribution in [3.63, 3.8) is 0 Å². The van der Waals surface area contributed by atoms with E-state index in [1.807, 2.05) is 36.4 Å². The van der Waals surface area contributed by atoms with Crippen LogP contribution in [0.25, 0.3) is 6.08 Å². The molecule has 0 aliphatic carbocycles. The fraction of sp³-hybridized carbons (Fsp3) is 0.143. The molecule has 1 amide bonds. The molecule has 1 aromatic heterocycles. The fourth-order valence-corrected chi connectivity index (χ4v) is 4.60. The molecule has 33 heavy (non-hydrogen) atoms. The highest BCUT2D eigenvalue weighted by atomic mass is 79.9. The number of benzene rings is 2. The maximum absolute atomic E-state index is 12.5. The topological polar surface area (TPSA) is 131 Å². The van der Waals surface area contributed by atoms with Crippen molar-refractivity contribution in [1.82, 2.24) is 9.36 Å². The van der Waals surface area contributed by atoms with Gasteiger partial charge in [-0.2, -0.15) is 14.6 Å². The Bertz CT molecular complexity index is 1350. The summed E-state index contributed by atoms with van der Waals surface area (Å²) in [6.45, 7) is 0.328. The second-order valence-corrected chi connectivity index (χ2v) is 10.1. The van der Waals surface area contributed by atoms with E-state index in [2.05, 4.69) is 30.6 Å². The minimum absolute atomic E-state index is 0.0370. The third-order valence-electron chi connectivity index (χ3n) is 4.11. The number of carbonyl (C=O) groups excluding carboxylic acids is 1. The van der Waals surface area contributed by atoms with Crippen molar-refractivity contribution in [3.8, 4) is 17.6 Å². The number of amides is 1. The first-order valence-electron chi connectivity index (χ1n) is 9.22. The maximum Gasteiger partial charge on any atom is 0.268 e. The van der Waals surface area contributed by atoms with Crippen molar-refractivity contribution >= 4 is 54.4 Å². The highest BCUT2D eigenvalue weighted by molar-refractivity contribution is 9.10. The van der Waals surface area contributed by atoms with E-state index in [-0.39, 0.29) is 10.7 Å². The number of rotatable bonds is 8. The Hall–Kier alpha value is -3.27. The number of methoxy groups -OCH3 is 1. The van der Waals surface area contributed by atoms with Crippen LogP contribution in [0.5, 0.6) is 11.5 Å². The summed E-state index contributed by atoms with van der Waals surface area (Å²) >= 11 is 4.15. The van der Waals surface area contributed by atoms with Gasteiger partial charge < -0.3 is 9.47 Å². The molecule has 0 atom stereocenters. The molecule has 0 bridgehead atoms. The summed E-state index contributed by atoms with van der Waals surface area (Å²) in [6.07, 6.45) is 2.32. The van der Waals surface area contributed by atoms with Crippen molar-refractivity contribution in [2.75, 3.05) is 18.7 Å². The van der Waals surface area contributed by atoms with Crippen LogP contribution in [-0.2, 0) is 21.2 Å². The van der Waals surface area contributed by atoms with Gasteiger partial charge in [0.05, 0.1) is 11.6 Å². The summed E-state index contributed by atoms with van der Waals surface area (Å²) in [7, 11) is -2.12. The van der Waals surface area contributed by atoms with E-state index in [1.54, 1.807) is 12.1 Å². The van der Waals surface area contributed by atoms with Crippen LogP contribution in [0, 0.1) is 11.3 Å². The highest BCUT2D eigenvalue weighted by Gasteiger charge is 2.18. The lowest BCUT2D eigenvalue weighted by Gasteiger charge is -2.14. The number of halogens is 1. The summed E-state index contributed by atoms with van der Waals surface area (Å²) in [5, 5.41) is 11.4. The van der Waals surface area contributed by atoms with E-state index in [4.69, 9.17) is 9.47 Å². The number of nitrogens with zero attached hydrogens (tertiary/aromatic N) is 3. The third-order valence-corrected chi connectivity index (χ3v) is 6.29. The molecule has 12 heteroatoms. The zero-order valence-electron chi connectivity index (χ0n) is 17.4. The van der Waals surface area contributed by atoms with Gasteiger partial charge in [-0.1, -0.05) is 30.3 Å². The molecule has 0 aliphatic rings. The van der Waals surface area contributed by atoms with Gasteiger partial charge in [-0.15, -0.1) is 0 Å². The van der Waals surface area contributed by atoms with Gasteiger partial charge in [0, 0.05) is 17.8 Å². The number of hydrogen-bond donors (Lipinski definition) is 1. The van der Waals surface area contributed by atoms with Gasteiger partial charge in [0.2, 0.25) is 15.0 Å². The van der Waals surface area contributed by atoms with E-state index >= 15 is 0 Å². The van der Waals surface area contributed by atoms with Gasteiger partial charge >= 0.3 is 0 Å². The van der Waals surface area contributed by atoms with E-state index in [9.17, 15) is 18.5 Å². The Labute approximate surface area is 202 Å². The molecule has 9 nitrogen and oxygen atoms in total. The quantitative estimate of drug-likeness (QED) is 0.331. The molecule has 0 aliphatic heterocycles. The maximum atomic E-state index is 12.5. The molecule has 0 unspecified atom stereocenters. The monoisotopic (exact) mass is 548 g/mol. The Balaban J connectivity index is 1.81. The van der Waals surface area contributed by atoms with Crippen molar-refractivity contribution < 1.29 is 22.7 Å². The Morgan fingerprint density at radius 2 is 2.03 bits per heavy atom. The van der Waals surface area contributed by atoms with Crippen LogP contribution in [0.1, 0.15) is 11.1 Å². The zero-order valence-corrected chi connectivity index (χ0v) is 20.6. The van der Waals surface area contributed by atoms with E-state index in [0.717, 1.165) is 11.8 Å². The molecule has 3 rings (SSSR count). The lowest BCUT2D eigenvalue weighted by molar-refractivity contribution is -0.112. The summed E-state index contributed by atoms with van der Waals surface area (Å²) < 4.78 is 38.5. The summed E-state index contributed by atoms with van der Waals surface area (Å²) in [5.74, 6) is 0.128. The van der Waals surface area contributed by atoms with Gasteiger partial charge in [0.1, 0.15) is 18.2 Å². The zero-order chi connectivity index (χ0) is 24.0. The lowest BCUT2D eigenvalue weighted by Crippen LogP contribution is -2.13. The lowest BCUT2D eigenvalue weighted by atomic mass is 10.1. The molecule has 0 saturated carbocycles. The molecule has 3 aromatic rings. The van der Waals surface area contributed by atoms with Gasteiger partial charge in [0.15, 0.2) is 11.5 Å². The van der Waals surface area contributed by atoms with Crippen LogP contribution >= 0.6 is 27.5 Å². The number of anilines is 1. The number of sulfone groups is 1. The standard InChI is InChI=1S/C21H17BrN4O5S2/c1-30-17-10-14(9-16(22)18(17)31-12-13-6-4-3-5-7-13)8-15(11-23)19(27)24-20-25-21(26-32-20)33(2,28)29/h3-10H,12H2,1-2H3,(H,24,25,26,27)/b15-8-. The molecule has 1 heterocycles. The second kappa shape index (κ2) is 10.6. The van der Waals surface area contributed by atoms with E-state index < -0.39 is 20.9 Å². The van der Waals surface area contributed by atoms with Crippen molar-refractivity contribution in [1.29, 1.82) is 5.26 Å². The minimum atomic E-state index is -3.61. The Morgan fingerprint density at radius 3 is 2.64 bits per heavy atom. The summed E-state index contributed by atoms with van der Waals surface area (Å²) in [5.41, 5.74) is 1.26. The minimum Gasteiger partial charge on any atom is -0.493 e. The molecular formula is C21H17BrN4O5S2.